The van der Waals surface area contributed by atoms with Crippen molar-refractivity contribution in [3.63, 3.8) is 0 Å². The van der Waals surface area contributed by atoms with Crippen LogP contribution >= 0.6 is 11.8 Å². The molecule has 0 unspecified atom stereocenters. The first kappa shape index (κ1) is 22.8. The van der Waals surface area contributed by atoms with Crippen LogP contribution in [0, 0.1) is 13.8 Å². The quantitative estimate of drug-likeness (QED) is 0.597. The molecular formula is C19H26F2N4O3S2. The first-order chi connectivity index (χ1) is 14.0. The molecule has 1 fully saturated rings. The van der Waals surface area contributed by atoms with E-state index in [4.69, 9.17) is 4.42 Å². The van der Waals surface area contributed by atoms with Crippen LogP contribution in [0.2, 0.25) is 0 Å². The van der Waals surface area contributed by atoms with Crippen LogP contribution < -0.4 is 10.2 Å². The van der Waals surface area contributed by atoms with Gasteiger partial charge in [0.25, 0.3) is 11.1 Å². The predicted molar refractivity (Wildman–Crippen MR) is 114 cm³/mol. The maximum atomic E-state index is 13.5. The number of thioether (sulfide) groups is 1. The standard InChI is InChI=1S/C19H26F2N4O3S2/c1-13-14(2)28-18(23-13)29-12-15-10-16(25-7-4-19(20,21)5-8-25)11-17(24-15)22-6-9-30(3,26)27/h10-11H,4-9,12H2,1-3H3,(H,22,24). The fraction of sp³-hybridized carbons (Fsp3) is 0.579. The van der Waals surface area contributed by atoms with Gasteiger partial charge in [-0.05, 0) is 19.9 Å². The summed E-state index contributed by atoms with van der Waals surface area (Å²) in [5, 5.41) is 3.58. The summed E-state index contributed by atoms with van der Waals surface area (Å²) in [4.78, 5) is 10.8. The minimum absolute atomic E-state index is 0.0200. The monoisotopic (exact) mass is 460 g/mol. The number of oxazole rings is 1. The van der Waals surface area contributed by atoms with Crippen molar-refractivity contribution in [1.82, 2.24) is 9.97 Å². The summed E-state index contributed by atoms with van der Waals surface area (Å²) in [5.41, 5.74) is 2.35. The molecule has 11 heteroatoms. The van der Waals surface area contributed by atoms with Crippen molar-refractivity contribution in [1.29, 1.82) is 0 Å². The molecule has 1 aliphatic heterocycles. The minimum Gasteiger partial charge on any atom is -0.437 e. The van der Waals surface area contributed by atoms with Crippen molar-refractivity contribution >= 4 is 33.1 Å². The number of hydrogen-bond donors (Lipinski definition) is 1. The fourth-order valence-corrected chi connectivity index (χ4v) is 4.29. The van der Waals surface area contributed by atoms with E-state index in [0.29, 0.717) is 16.8 Å². The van der Waals surface area contributed by atoms with E-state index in [1.54, 1.807) is 6.07 Å². The van der Waals surface area contributed by atoms with Crippen molar-refractivity contribution in [2.45, 2.75) is 43.6 Å². The van der Waals surface area contributed by atoms with Gasteiger partial charge in [0.2, 0.25) is 0 Å². The lowest BCUT2D eigenvalue weighted by Crippen LogP contribution is -2.39. The third kappa shape index (κ3) is 6.56. The molecule has 0 atom stereocenters. The zero-order valence-corrected chi connectivity index (χ0v) is 18.9. The van der Waals surface area contributed by atoms with Crippen molar-refractivity contribution in [3.05, 3.63) is 29.3 Å². The van der Waals surface area contributed by atoms with Gasteiger partial charge in [-0.3, -0.25) is 0 Å². The van der Waals surface area contributed by atoms with Crippen LogP contribution in [0.1, 0.15) is 30.0 Å². The van der Waals surface area contributed by atoms with Gasteiger partial charge in [0, 0.05) is 56.2 Å². The zero-order valence-electron chi connectivity index (χ0n) is 17.2. The molecule has 0 saturated carbocycles. The number of sulfone groups is 1. The van der Waals surface area contributed by atoms with Gasteiger partial charge in [-0.2, -0.15) is 0 Å². The maximum absolute atomic E-state index is 13.5. The second-order valence-corrected chi connectivity index (χ2v) is 10.7. The molecule has 3 heterocycles. The largest absolute Gasteiger partial charge is 0.437 e. The predicted octanol–water partition coefficient (Wildman–Crippen LogP) is 3.67. The Kier molecular flexibility index (Phi) is 6.91. The Morgan fingerprint density at radius 1 is 1.23 bits per heavy atom. The molecule has 166 valence electrons. The number of halogens is 2. The van der Waals surface area contributed by atoms with Gasteiger partial charge >= 0.3 is 0 Å². The molecule has 1 aliphatic rings. The number of pyridine rings is 1. The van der Waals surface area contributed by atoms with Crippen LogP contribution in [0.15, 0.2) is 21.8 Å². The van der Waals surface area contributed by atoms with Crippen LogP contribution in [-0.4, -0.2) is 56.0 Å². The lowest BCUT2D eigenvalue weighted by Gasteiger charge is -2.33. The molecule has 1 N–H and O–H groups in total. The van der Waals surface area contributed by atoms with Crippen LogP contribution in [0.5, 0.6) is 0 Å². The van der Waals surface area contributed by atoms with Crippen molar-refractivity contribution < 1.29 is 21.6 Å². The Morgan fingerprint density at radius 2 is 1.93 bits per heavy atom. The summed E-state index contributed by atoms with van der Waals surface area (Å²) in [6.45, 7) is 4.45. The minimum atomic E-state index is -3.10. The molecule has 0 amide bonds. The van der Waals surface area contributed by atoms with Gasteiger partial charge in [-0.15, -0.1) is 0 Å². The van der Waals surface area contributed by atoms with Crippen molar-refractivity contribution in [2.75, 3.05) is 41.9 Å². The highest BCUT2D eigenvalue weighted by atomic mass is 32.2. The summed E-state index contributed by atoms with van der Waals surface area (Å²) in [6.07, 6.45) is 0.797. The molecule has 0 spiro atoms. The Morgan fingerprint density at radius 3 is 2.53 bits per heavy atom. The second-order valence-electron chi connectivity index (χ2n) is 7.51. The SMILES string of the molecule is Cc1nc(SCc2cc(N3CCC(F)(F)CC3)cc(NCCS(C)(=O)=O)n2)oc1C. The molecule has 30 heavy (non-hydrogen) atoms. The number of aryl methyl sites for hydroxylation is 2. The number of piperidine rings is 1. The lowest BCUT2D eigenvalue weighted by molar-refractivity contribution is -0.0220. The summed E-state index contributed by atoms with van der Waals surface area (Å²) in [7, 11) is -3.10. The number of hydrogen-bond acceptors (Lipinski definition) is 8. The van der Waals surface area contributed by atoms with E-state index < -0.39 is 15.8 Å². The van der Waals surface area contributed by atoms with Crippen LogP contribution in [0.3, 0.4) is 0 Å². The number of nitrogens with one attached hydrogen (secondary N) is 1. The van der Waals surface area contributed by atoms with E-state index in [1.165, 1.54) is 18.0 Å². The van der Waals surface area contributed by atoms with E-state index in [9.17, 15) is 17.2 Å². The molecule has 2 aromatic heterocycles. The highest BCUT2D eigenvalue weighted by molar-refractivity contribution is 7.98. The highest BCUT2D eigenvalue weighted by Gasteiger charge is 2.34. The van der Waals surface area contributed by atoms with Gasteiger partial charge < -0.3 is 14.6 Å². The average molecular weight is 461 g/mol. The van der Waals surface area contributed by atoms with Gasteiger partial charge in [-0.25, -0.2) is 27.2 Å². The molecular weight excluding hydrogens is 434 g/mol. The summed E-state index contributed by atoms with van der Waals surface area (Å²) >= 11 is 1.40. The molecule has 0 radical (unpaired) electrons. The topological polar surface area (TPSA) is 88.3 Å². The van der Waals surface area contributed by atoms with Crippen LogP contribution in [0.25, 0.3) is 0 Å². The van der Waals surface area contributed by atoms with E-state index in [0.717, 1.165) is 22.8 Å². The Hall–Kier alpha value is -1.88. The van der Waals surface area contributed by atoms with E-state index in [2.05, 4.69) is 15.3 Å². The smallest absolute Gasteiger partial charge is 0.256 e. The van der Waals surface area contributed by atoms with E-state index >= 15 is 0 Å². The van der Waals surface area contributed by atoms with Gasteiger partial charge in [0.1, 0.15) is 21.4 Å². The molecule has 0 aliphatic carbocycles. The maximum Gasteiger partial charge on any atom is 0.256 e. The van der Waals surface area contributed by atoms with Crippen molar-refractivity contribution in [3.8, 4) is 0 Å². The zero-order chi connectivity index (χ0) is 21.9. The molecule has 2 aromatic rings. The normalized spacial score (nSPS) is 16.6. The number of aromatic nitrogens is 2. The molecule has 3 rings (SSSR count). The number of rotatable bonds is 8. The summed E-state index contributed by atoms with van der Waals surface area (Å²) in [5.74, 6) is -0.883. The Balaban J connectivity index is 1.76. The fourth-order valence-electron chi connectivity index (χ4n) is 3.02. The van der Waals surface area contributed by atoms with E-state index in [1.807, 2.05) is 24.8 Å². The first-order valence-corrected chi connectivity index (χ1v) is 12.7. The average Bonchev–Trinajstić information content (AvgIpc) is 2.96. The number of nitrogens with zero attached hydrogens (tertiary/aromatic N) is 3. The molecule has 0 bridgehead atoms. The third-order valence-electron chi connectivity index (χ3n) is 4.85. The number of alkyl halides is 2. The molecule has 1 saturated heterocycles. The summed E-state index contributed by atoms with van der Waals surface area (Å²) < 4.78 is 55.5. The highest BCUT2D eigenvalue weighted by Crippen LogP contribution is 2.32. The van der Waals surface area contributed by atoms with Crippen molar-refractivity contribution in [2.24, 2.45) is 0 Å². The van der Waals surface area contributed by atoms with Gasteiger partial charge in [0.05, 0.1) is 17.1 Å². The van der Waals surface area contributed by atoms with Crippen LogP contribution in [0.4, 0.5) is 20.3 Å². The summed E-state index contributed by atoms with van der Waals surface area (Å²) in [6, 6.07) is 3.65. The second kappa shape index (κ2) is 9.09. The first-order valence-electron chi connectivity index (χ1n) is 9.63. The van der Waals surface area contributed by atoms with E-state index in [-0.39, 0.29) is 38.2 Å². The Bertz CT molecular complexity index is 966. The third-order valence-corrected chi connectivity index (χ3v) is 6.66. The van der Waals surface area contributed by atoms with Gasteiger partial charge in [0.15, 0.2) is 0 Å². The van der Waals surface area contributed by atoms with Crippen LogP contribution in [-0.2, 0) is 15.6 Å². The molecule has 7 nitrogen and oxygen atoms in total. The lowest BCUT2D eigenvalue weighted by atomic mass is 10.1. The van der Waals surface area contributed by atoms with Gasteiger partial charge in [-0.1, -0.05) is 11.8 Å². The number of anilines is 2. The Labute approximate surface area is 179 Å². The molecule has 0 aromatic carbocycles.